The lowest BCUT2D eigenvalue weighted by atomic mass is 9.13. The van der Waals surface area contributed by atoms with Crippen molar-refractivity contribution < 1.29 is 57.2 Å². The van der Waals surface area contributed by atoms with Gasteiger partial charge in [0.15, 0.2) is 69.8 Å². The second-order valence-corrected chi connectivity index (χ2v) is 13.0. The van der Waals surface area contributed by atoms with E-state index in [0.717, 1.165) is 0 Å². The normalized spacial score (nSPS) is 14.4. The van der Waals surface area contributed by atoms with Crippen LogP contribution in [0.2, 0.25) is 0 Å². The summed E-state index contributed by atoms with van der Waals surface area (Å²) in [7, 11) is 2.45. The molecular formula is C36H34BF12N. The largest absolute Gasteiger partial charge is 0.326 e. The van der Waals surface area contributed by atoms with Crippen molar-refractivity contribution in [1.29, 1.82) is 0 Å². The molecule has 270 valence electrons. The standard InChI is InChI=1S/C24H8BF12.C12H26N/c26-13-1-9(2-14(27)21(13)34)25(10-3-15(28)22(35)16(29)4-10,11-5-17(30)23(36)18(31)6-11)12-7-19(32)24(37)20(33)8-12;1-3-4-5-7-10-13(2)11-8-6-9-12-13/h1-8H;3-12H2,1-2H3/q-1;+1. The van der Waals surface area contributed by atoms with Crippen molar-refractivity contribution in [2.75, 3.05) is 26.7 Å². The number of hydrogen-bond donors (Lipinski definition) is 0. The topological polar surface area (TPSA) is 0 Å². The molecule has 1 aliphatic heterocycles. The molecule has 0 atom stereocenters. The van der Waals surface area contributed by atoms with E-state index in [0.29, 0.717) is 0 Å². The average molecular weight is 719 g/mol. The van der Waals surface area contributed by atoms with Gasteiger partial charge in [0.25, 0.3) is 0 Å². The highest BCUT2D eigenvalue weighted by Gasteiger charge is 2.37. The number of halogens is 12. The second-order valence-electron chi connectivity index (χ2n) is 13.0. The molecule has 1 heterocycles. The Kier molecular flexibility index (Phi) is 12.4. The summed E-state index contributed by atoms with van der Waals surface area (Å²) in [6.45, 7) is 6.59. The van der Waals surface area contributed by atoms with Crippen LogP contribution in [0.1, 0.15) is 51.9 Å². The predicted octanol–water partition coefficient (Wildman–Crippen LogP) is 7.93. The summed E-state index contributed by atoms with van der Waals surface area (Å²) >= 11 is 0. The maximum atomic E-state index is 14.4. The molecule has 0 spiro atoms. The Morgan fingerprint density at radius 1 is 0.440 bits per heavy atom. The summed E-state index contributed by atoms with van der Waals surface area (Å²) in [6, 6.07) is 1.41. The van der Waals surface area contributed by atoms with Gasteiger partial charge in [-0.25, -0.2) is 52.7 Å². The van der Waals surface area contributed by atoms with Crippen molar-refractivity contribution in [2.45, 2.75) is 51.9 Å². The van der Waals surface area contributed by atoms with Gasteiger partial charge in [0.05, 0.1) is 26.7 Å². The van der Waals surface area contributed by atoms with E-state index in [1.165, 1.54) is 69.1 Å². The van der Waals surface area contributed by atoms with E-state index in [9.17, 15) is 52.7 Å². The number of rotatable bonds is 9. The molecule has 0 amide bonds. The van der Waals surface area contributed by atoms with Gasteiger partial charge in [0, 0.05) is 0 Å². The smallest absolute Gasteiger partial charge is 0.194 e. The van der Waals surface area contributed by atoms with E-state index in [1.54, 1.807) is 0 Å². The van der Waals surface area contributed by atoms with Crippen molar-refractivity contribution in [1.82, 2.24) is 0 Å². The number of piperidine rings is 1. The van der Waals surface area contributed by atoms with Gasteiger partial charge in [-0.1, -0.05) is 68.3 Å². The van der Waals surface area contributed by atoms with Crippen LogP contribution in [0.4, 0.5) is 52.7 Å². The van der Waals surface area contributed by atoms with Gasteiger partial charge in [0.1, 0.15) is 6.15 Å². The quantitative estimate of drug-likeness (QED) is 0.0543. The molecule has 14 heteroatoms. The molecule has 0 unspecified atom stereocenters. The first-order valence-corrected chi connectivity index (χ1v) is 16.1. The molecule has 0 N–H and O–H groups in total. The molecule has 4 aromatic rings. The summed E-state index contributed by atoms with van der Waals surface area (Å²) in [5.41, 5.74) is -3.79. The average Bonchev–Trinajstić information content (AvgIpc) is 3.06. The number of unbranched alkanes of at least 4 members (excludes halogenated alkanes) is 3. The lowest BCUT2D eigenvalue weighted by Crippen LogP contribution is -2.75. The van der Waals surface area contributed by atoms with E-state index in [1.807, 2.05) is 0 Å². The van der Waals surface area contributed by atoms with Gasteiger partial charge in [-0.2, -0.15) is 21.9 Å². The molecule has 4 aromatic carbocycles. The van der Waals surface area contributed by atoms with Crippen LogP contribution in [0.15, 0.2) is 48.5 Å². The Morgan fingerprint density at radius 2 is 0.720 bits per heavy atom. The van der Waals surface area contributed by atoms with Crippen LogP contribution >= 0.6 is 0 Å². The van der Waals surface area contributed by atoms with E-state index < -0.39 is 97.8 Å². The Balaban J connectivity index is 0.000000363. The van der Waals surface area contributed by atoms with Crippen molar-refractivity contribution in [3.63, 3.8) is 0 Å². The number of likely N-dealkylation sites (tertiary alicyclic amines) is 1. The monoisotopic (exact) mass is 719 g/mol. The molecule has 0 saturated carbocycles. The van der Waals surface area contributed by atoms with Gasteiger partial charge in [0.2, 0.25) is 0 Å². The van der Waals surface area contributed by atoms with Crippen LogP contribution in [0.5, 0.6) is 0 Å². The molecule has 0 radical (unpaired) electrons. The van der Waals surface area contributed by atoms with Crippen molar-refractivity contribution in [2.24, 2.45) is 0 Å². The number of hydrogen-bond acceptors (Lipinski definition) is 0. The molecule has 1 saturated heterocycles. The third-order valence-corrected chi connectivity index (χ3v) is 9.47. The van der Waals surface area contributed by atoms with E-state index in [4.69, 9.17) is 0 Å². The van der Waals surface area contributed by atoms with Gasteiger partial charge >= 0.3 is 0 Å². The summed E-state index contributed by atoms with van der Waals surface area (Å²) in [4.78, 5) is 0. The van der Waals surface area contributed by atoms with Gasteiger partial charge in [-0.05, 0) is 32.1 Å². The van der Waals surface area contributed by atoms with Crippen molar-refractivity contribution >= 4 is 28.0 Å². The molecule has 1 nitrogen and oxygen atoms in total. The molecule has 0 aliphatic carbocycles. The zero-order chi connectivity index (χ0) is 37.0. The summed E-state index contributed by atoms with van der Waals surface area (Å²) in [5, 5.41) is 0. The number of quaternary nitrogens is 1. The zero-order valence-electron chi connectivity index (χ0n) is 27.3. The fourth-order valence-corrected chi connectivity index (χ4v) is 6.87. The van der Waals surface area contributed by atoms with Crippen LogP contribution in [0.3, 0.4) is 0 Å². The van der Waals surface area contributed by atoms with Crippen LogP contribution < -0.4 is 21.9 Å². The molecule has 0 bridgehead atoms. The first kappa shape index (κ1) is 38.9. The minimum atomic E-state index is -4.01. The lowest BCUT2D eigenvalue weighted by molar-refractivity contribution is -0.914. The van der Waals surface area contributed by atoms with E-state index >= 15 is 0 Å². The summed E-state index contributed by atoms with van der Waals surface area (Å²) in [6.07, 6.45) is 6.08. The molecule has 1 fully saturated rings. The molecule has 50 heavy (non-hydrogen) atoms. The minimum absolute atomic E-state index is 0.177. The van der Waals surface area contributed by atoms with Crippen LogP contribution in [0, 0.1) is 69.8 Å². The third-order valence-electron chi connectivity index (χ3n) is 9.47. The number of benzene rings is 4. The predicted molar refractivity (Wildman–Crippen MR) is 168 cm³/mol. The Morgan fingerprint density at radius 3 is 0.980 bits per heavy atom. The van der Waals surface area contributed by atoms with Gasteiger partial charge in [-0.3, -0.25) is 0 Å². The van der Waals surface area contributed by atoms with Crippen molar-refractivity contribution in [3.05, 3.63) is 118 Å². The van der Waals surface area contributed by atoms with Crippen LogP contribution in [-0.2, 0) is 0 Å². The molecule has 1 aliphatic rings. The Hall–Kier alpha value is -3.94. The first-order valence-electron chi connectivity index (χ1n) is 16.1. The SMILES string of the molecule is CCCCCC[N+]1(C)CCCCC1.Fc1cc([B-](c2cc(F)c(F)c(F)c2)(c2cc(F)c(F)c(F)c2)c2cc(F)c(F)c(F)c2)cc(F)c1F. The summed E-state index contributed by atoms with van der Waals surface area (Å²) < 4.78 is 171. The van der Waals surface area contributed by atoms with Crippen LogP contribution in [0.25, 0.3) is 0 Å². The minimum Gasteiger partial charge on any atom is -0.326 e. The summed E-state index contributed by atoms with van der Waals surface area (Å²) in [5.74, 6) is -24.0. The highest BCUT2D eigenvalue weighted by Crippen LogP contribution is 2.21. The second kappa shape index (κ2) is 16.0. The Bertz CT molecular complexity index is 1510. The van der Waals surface area contributed by atoms with Crippen LogP contribution in [-0.4, -0.2) is 37.3 Å². The van der Waals surface area contributed by atoms with Gasteiger partial charge in [-0.15, -0.1) is 0 Å². The fourth-order valence-electron chi connectivity index (χ4n) is 6.87. The third kappa shape index (κ3) is 8.00. The van der Waals surface area contributed by atoms with Gasteiger partial charge < -0.3 is 4.48 Å². The highest BCUT2D eigenvalue weighted by molar-refractivity contribution is 7.19. The van der Waals surface area contributed by atoms with E-state index in [2.05, 4.69) is 14.0 Å². The maximum absolute atomic E-state index is 14.4. The first-order chi connectivity index (χ1) is 23.5. The van der Waals surface area contributed by atoms with Crippen molar-refractivity contribution in [3.8, 4) is 0 Å². The molecule has 0 aromatic heterocycles. The number of nitrogens with zero attached hydrogens (tertiary/aromatic N) is 1. The van der Waals surface area contributed by atoms with E-state index in [-0.39, 0.29) is 48.5 Å². The Labute approximate surface area is 282 Å². The molecular weight excluding hydrogens is 685 g/mol. The zero-order valence-corrected chi connectivity index (χ0v) is 27.3. The molecule has 5 rings (SSSR count). The fraction of sp³-hybridized carbons (Fsp3) is 0.333. The lowest BCUT2D eigenvalue weighted by Gasteiger charge is -2.44. The highest BCUT2D eigenvalue weighted by atomic mass is 19.2. The maximum Gasteiger partial charge on any atom is 0.194 e.